The molecule has 2 heterocycles. The summed E-state index contributed by atoms with van der Waals surface area (Å²) in [6, 6.07) is 6.92. The molecular formula is C19H18F2N6O. The van der Waals surface area contributed by atoms with Crippen molar-refractivity contribution in [1.82, 2.24) is 19.7 Å². The molecule has 3 rings (SSSR count). The van der Waals surface area contributed by atoms with Crippen LogP contribution in [0.4, 0.5) is 8.78 Å². The first-order valence-electron chi connectivity index (χ1n) is 8.55. The van der Waals surface area contributed by atoms with Crippen molar-refractivity contribution in [2.24, 2.45) is 5.73 Å². The Labute approximate surface area is 160 Å². The molecule has 0 amide bonds. The van der Waals surface area contributed by atoms with Gasteiger partial charge in [-0.1, -0.05) is 0 Å². The first-order chi connectivity index (χ1) is 13.5. The molecule has 0 fully saturated rings. The van der Waals surface area contributed by atoms with Crippen LogP contribution in [0.1, 0.15) is 16.8 Å². The van der Waals surface area contributed by atoms with Gasteiger partial charge in [0.05, 0.1) is 29.1 Å². The van der Waals surface area contributed by atoms with Crippen molar-refractivity contribution in [1.29, 1.82) is 5.26 Å². The number of hydrogen-bond acceptors (Lipinski definition) is 6. The second-order valence-corrected chi connectivity index (χ2v) is 6.05. The lowest BCUT2D eigenvalue weighted by atomic mass is 10.1. The molecular weight excluding hydrogens is 366 g/mol. The van der Waals surface area contributed by atoms with Crippen molar-refractivity contribution >= 4 is 0 Å². The SMILES string of the molecule is Cc1c(Oc2cc(C#N)ccc2-c2ncc(CCN)cn2)cnn1CC(F)F. The van der Waals surface area contributed by atoms with Crippen LogP contribution >= 0.6 is 0 Å². The summed E-state index contributed by atoms with van der Waals surface area (Å²) in [6.45, 7) is 1.61. The summed E-state index contributed by atoms with van der Waals surface area (Å²) in [5.41, 5.74) is 7.85. The Balaban J connectivity index is 1.96. The Morgan fingerprint density at radius 3 is 2.61 bits per heavy atom. The van der Waals surface area contributed by atoms with E-state index in [1.165, 1.54) is 10.9 Å². The van der Waals surface area contributed by atoms with E-state index in [0.717, 1.165) is 5.56 Å². The van der Waals surface area contributed by atoms with Crippen LogP contribution in [0.25, 0.3) is 11.4 Å². The van der Waals surface area contributed by atoms with Gasteiger partial charge in [0, 0.05) is 12.4 Å². The first kappa shape index (κ1) is 19.4. The number of nitrogens with zero attached hydrogens (tertiary/aromatic N) is 5. The zero-order chi connectivity index (χ0) is 20.1. The topological polar surface area (TPSA) is 103 Å². The molecule has 0 radical (unpaired) electrons. The van der Waals surface area contributed by atoms with Gasteiger partial charge in [-0.3, -0.25) is 4.68 Å². The highest BCUT2D eigenvalue weighted by Gasteiger charge is 2.16. The minimum absolute atomic E-state index is 0.316. The lowest BCUT2D eigenvalue weighted by molar-refractivity contribution is 0.121. The Morgan fingerprint density at radius 2 is 1.96 bits per heavy atom. The summed E-state index contributed by atoms with van der Waals surface area (Å²) in [4.78, 5) is 8.69. The monoisotopic (exact) mass is 384 g/mol. The van der Waals surface area contributed by atoms with Gasteiger partial charge in [0.2, 0.25) is 0 Å². The predicted octanol–water partition coefficient (Wildman–Crippen LogP) is 3.08. The van der Waals surface area contributed by atoms with Crippen LogP contribution in [0.2, 0.25) is 0 Å². The number of rotatable bonds is 7. The van der Waals surface area contributed by atoms with Gasteiger partial charge in [-0.15, -0.1) is 0 Å². The molecule has 2 N–H and O–H groups in total. The second-order valence-electron chi connectivity index (χ2n) is 6.05. The largest absolute Gasteiger partial charge is 0.453 e. The van der Waals surface area contributed by atoms with Crippen molar-refractivity contribution < 1.29 is 13.5 Å². The second kappa shape index (κ2) is 8.54. The third-order valence-corrected chi connectivity index (χ3v) is 4.08. The molecule has 0 bridgehead atoms. The average Bonchev–Trinajstić information content (AvgIpc) is 3.02. The molecule has 0 atom stereocenters. The third-order valence-electron chi connectivity index (χ3n) is 4.08. The van der Waals surface area contributed by atoms with E-state index in [0.29, 0.717) is 47.1 Å². The van der Waals surface area contributed by atoms with Crippen molar-refractivity contribution in [3.63, 3.8) is 0 Å². The molecule has 0 spiro atoms. The maximum absolute atomic E-state index is 12.6. The van der Waals surface area contributed by atoms with E-state index < -0.39 is 13.0 Å². The highest BCUT2D eigenvalue weighted by molar-refractivity contribution is 5.66. The molecule has 9 heteroatoms. The number of nitrogens with two attached hydrogens (primary N) is 1. The Kier molecular flexibility index (Phi) is 5.91. The predicted molar refractivity (Wildman–Crippen MR) is 98.0 cm³/mol. The lowest BCUT2D eigenvalue weighted by Crippen LogP contribution is -2.09. The van der Waals surface area contributed by atoms with E-state index in [4.69, 9.17) is 10.5 Å². The fourth-order valence-electron chi connectivity index (χ4n) is 2.61. The summed E-state index contributed by atoms with van der Waals surface area (Å²) in [5.74, 6) is 1.07. The first-order valence-corrected chi connectivity index (χ1v) is 8.55. The van der Waals surface area contributed by atoms with Gasteiger partial charge < -0.3 is 10.5 Å². The van der Waals surface area contributed by atoms with Gasteiger partial charge >= 0.3 is 0 Å². The lowest BCUT2D eigenvalue weighted by Gasteiger charge is -2.11. The molecule has 0 saturated heterocycles. The minimum Gasteiger partial charge on any atom is -0.453 e. The summed E-state index contributed by atoms with van der Waals surface area (Å²) < 4.78 is 32.4. The molecule has 7 nitrogen and oxygen atoms in total. The zero-order valence-electron chi connectivity index (χ0n) is 15.1. The van der Waals surface area contributed by atoms with E-state index in [-0.39, 0.29) is 0 Å². The van der Waals surface area contributed by atoms with Gasteiger partial charge in [-0.2, -0.15) is 10.4 Å². The number of benzene rings is 1. The molecule has 144 valence electrons. The number of alkyl halides is 2. The van der Waals surface area contributed by atoms with E-state index in [1.54, 1.807) is 37.5 Å². The van der Waals surface area contributed by atoms with Crippen LogP contribution in [0, 0.1) is 18.3 Å². The number of halogens is 2. The van der Waals surface area contributed by atoms with Gasteiger partial charge in [-0.25, -0.2) is 18.7 Å². The van der Waals surface area contributed by atoms with Gasteiger partial charge in [-0.05, 0) is 43.7 Å². The zero-order valence-corrected chi connectivity index (χ0v) is 15.1. The maximum Gasteiger partial charge on any atom is 0.257 e. The maximum atomic E-state index is 12.6. The van der Waals surface area contributed by atoms with E-state index in [9.17, 15) is 14.0 Å². The van der Waals surface area contributed by atoms with Crippen molar-refractivity contribution in [3.8, 4) is 29.0 Å². The molecule has 3 aromatic rings. The standard InChI is InChI=1S/C19H18F2N6O/c1-12-17(10-26-27(12)11-18(20)21)28-16-6-13(7-23)2-3-15(16)19-24-8-14(4-5-22)9-25-19/h2-3,6,8-10,18H,4-5,11,22H2,1H3. The molecule has 0 aliphatic heterocycles. The van der Waals surface area contributed by atoms with Crippen LogP contribution in [-0.4, -0.2) is 32.7 Å². The summed E-state index contributed by atoms with van der Waals surface area (Å²) in [6.07, 6.45) is 2.88. The Morgan fingerprint density at radius 1 is 1.21 bits per heavy atom. The molecule has 0 aliphatic rings. The normalized spacial score (nSPS) is 10.9. The minimum atomic E-state index is -2.52. The van der Waals surface area contributed by atoms with Crippen LogP contribution in [0.5, 0.6) is 11.5 Å². The van der Waals surface area contributed by atoms with Gasteiger partial charge in [0.15, 0.2) is 11.6 Å². The van der Waals surface area contributed by atoms with Crippen LogP contribution in [0.15, 0.2) is 36.8 Å². The summed E-state index contributed by atoms with van der Waals surface area (Å²) >= 11 is 0. The van der Waals surface area contributed by atoms with Crippen molar-refractivity contribution in [3.05, 3.63) is 53.6 Å². The van der Waals surface area contributed by atoms with Crippen molar-refractivity contribution in [2.45, 2.75) is 26.3 Å². The van der Waals surface area contributed by atoms with E-state index in [2.05, 4.69) is 15.1 Å². The fraction of sp³-hybridized carbons (Fsp3) is 0.263. The number of nitriles is 1. The number of aromatic nitrogens is 4. The molecule has 1 aromatic carbocycles. The van der Waals surface area contributed by atoms with Crippen LogP contribution < -0.4 is 10.5 Å². The number of hydrogen-bond donors (Lipinski definition) is 1. The Hall–Kier alpha value is -3.38. The van der Waals surface area contributed by atoms with Gasteiger partial charge in [0.1, 0.15) is 12.3 Å². The number of ether oxygens (including phenoxy) is 1. The summed E-state index contributed by atoms with van der Waals surface area (Å²) in [5, 5.41) is 13.1. The van der Waals surface area contributed by atoms with Gasteiger partial charge in [0.25, 0.3) is 6.43 Å². The molecule has 0 aliphatic carbocycles. The highest BCUT2D eigenvalue weighted by Crippen LogP contribution is 2.33. The molecule has 2 aromatic heterocycles. The quantitative estimate of drug-likeness (QED) is 0.671. The van der Waals surface area contributed by atoms with E-state index >= 15 is 0 Å². The van der Waals surface area contributed by atoms with Crippen LogP contribution in [-0.2, 0) is 13.0 Å². The molecule has 0 saturated carbocycles. The van der Waals surface area contributed by atoms with Crippen LogP contribution in [0.3, 0.4) is 0 Å². The van der Waals surface area contributed by atoms with E-state index in [1.807, 2.05) is 6.07 Å². The smallest absolute Gasteiger partial charge is 0.257 e. The molecule has 0 unspecified atom stereocenters. The Bertz CT molecular complexity index is 995. The third kappa shape index (κ3) is 4.29. The fourth-order valence-corrected chi connectivity index (χ4v) is 2.61. The van der Waals surface area contributed by atoms with Crippen molar-refractivity contribution in [2.75, 3.05) is 6.54 Å². The molecule has 28 heavy (non-hydrogen) atoms. The average molecular weight is 384 g/mol. The highest BCUT2D eigenvalue weighted by atomic mass is 19.3. The summed E-state index contributed by atoms with van der Waals surface area (Å²) in [7, 11) is 0.